The zero-order chi connectivity index (χ0) is 52.8. The van der Waals surface area contributed by atoms with E-state index in [1.165, 1.54) is 212 Å². The summed E-state index contributed by atoms with van der Waals surface area (Å²) in [5.74, 6) is 22.4. The van der Waals surface area contributed by atoms with E-state index >= 15 is 0 Å². The first-order valence-corrected chi connectivity index (χ1v) is 38.5. The van der Waals surface area contributed by atoms with Crippen LogP contribution in [0.1, 0.15) is 373 Å². The van der Waals surface area contributed by atoms with Crippen LogP contribution in [0.15, 0.2) is 0 Å². The summed E-state index contributed by atoms with van der Waals surface area (Å²) in [7, 11) is 0. The number of hydrogen-bond donors (Lipinski definition) is 0. The Hall–Kier alpha value is 0. The molecule has 0 heteroatoms. The molecule has 6 unspecified atom stereocenters. The summed E-state index contributed by atoms with van der Waals surface area (Å²) < 4.78 is 0. The van der Waals surface area contributed by atoms with Crippen molar-refractivity contribution in [2.45, 2.75) is 373 Å². The van der Waals surface area contributed by atoms with E-state index in [-0.39, 0.29) is 0 Å². The second-order valence-electron chi connectivity index (χ2n) is 33.6. The first-order chi connectivity index (χ1) is 38.5. The van der Waals surface area contributed by atoms with Gasteiger partial charge in [0.1, 0.15) is 0 Å². The number of fused-ring (bicyclic) bond motifs is 10. The molecule has 0 saturated heterocycles. The molecule has 19 fully saturated rings. The molecular formula is C78H136. The van der Waals surface area contributed by atoms with Gasteiger partial charge >= 0.3 is 0 Å². The molecule has 0 radical (unpaired) electrons. The van der Waals surface area contributed by atoms with Gasteiger partial charge in [0.05, 0.1) is 0 Å². The van der Waals surface area contributed by atoms with Crippen LogP contribution in [-0.2, 0) is 0 Å². The van der Waals surface area contributed by atoms with Crippen molar-refractivity contribution in [3.8, 4) is 0 Å². The summed E-state index contributed by atoms with van der Waals surface area (Å²) in [6, 6.07) is 0. The van der Waals surface area contributed by atoms with Gasteiger partial charge in [0.15, 0.2) is 0 Å². The van der Waals surface area contributed by atoms with Gasteiger partial charge in [-0.15, -0.1) is 0 Å². The molecule has 19 aliphatic rings. The first-order valence-electron chi connectivity index (χ1n) is 38.5. The highest BCUT2D eigenvalue weighted by Crippen LogP contribution is 2.56. The topological polar surface area (TPSA) is 0 Å². The van der Waals surface area contributed by atoms with Gasteiger partial charge in [-0.25, -0.2) is 0 Å². The molecule has 0 nitrogen and oxygen atoms in total. The van der Waals surface area contributed by atoms with Crippen molar-refractivity contribution in [3.63, 3.8) is 0 Å². The van der Waals surface area contributed by atoms with Crippen molar-refractivity contribution < 1.29 is 0 Å². The van der Waals surface area contributed by atoms with Crippen LogP contribution in [-0.4, -0.2) is 0 Å². The minimum Gasteiger partial charge on any atom is -0.0594 e. The Labute approximate surface area is 488 Å². The fourth-order valence-electron chi connectivity index (χ4n) is 22.8. The van der Waals surface area contributed by atoms with Gasteiger partial charge in [0.2, 0.25) is 0 Å². The molecule has 0 aromatic carbocycles. The van der Waals surface area contributed by atoms with E-state index in [0.717, 1.165) is 46.8 Å². The van der Waals surface area contributed by atoms with E-state index in [4.69, 9.17) is 0 Å². The lowest BCUT2D eigenvalue weighted by Crippen LogP contribution is -2.35. The Balaban J connectivity index is 0.0000000943. The Morgan fingerprint density at radius 3 is 0.538 bits per heavy atom. The van der Waals surface area contributed by atoms with Crippen LogP contribution >= 0.6 is 0 Å². The van der Waals surface area contributed by atoms with Crippen LogP contribution in [0.5, 0.6) is 0 Å². The van der Waals surface area contributed by atoms with Crippen LogP contribution in [0.25, 0.3) is 0 Å². The molecule has 0 aromatic rings. The minimum atomic E-state index is 0.774. The monoisotopic (exact) mass is 1070 g/mol. The third kappa shape index (κ3) is 17.8. The Morgan fingerprint density at radius 2 is 0.321 bits per heavy atom. The molecule has 16 atom stereocenters. The van der Waals surface area contributed by atoms with Crippen molar-refractivity contribution >= 4 is 0 Å². The highest BCUT2D eigenvalue weighted by atomic mass is 14.5. The van der Waals surface area contributed by atoms with E-state index in [1.807, 2.05) is 0 Å². The van der Waals surface area contributed by atoms with Crippen molar-refractivity contribution in [2.24, 2.45) is 118 Å². The molecule has 19 saturated carbocycles. The zero-order valence-corrected chi connectivity index (χ0v) is 52.8. The van der Waals surface area contributed by atoms with Gasteiger partial charge in [-0.1, -0.05) is 289 Å². The van der Waals surface area contributed by atoms with Gasteiger partial charge < -0.3 is 0 Å². The summed E-state index contributed by atoms with van der Waals surface area (Å²) in [6.07, 6.45) is 88.4. The molecule has 19 aliphatic carbocycles. The second-order valence-corrected chi connectivity index (χ2v) is 33.6. The molecule has 0 aromatic heterocycles. The molecule has 0 aliphatic heterocycles. The van der Waals surface area contributed by atoms with Gasteiger partial charge in [-0.05, 0) is 201 Å². The van der Waals surface area contributed by atoms with Crippen molar-refractivity contribution in [3.05, 3.63) is 0 Å². The quantitative estimate of drug-likeness (QED) is 0.227. The number of hydrogen-bond acceptors (Lipinski definition) is 0. The van der Waals surface area contributed by atoms with Gasteiger partial charge in [0, 0.05) is 0 Å². The summed E-state index contributed by atoms with van der Waals surface area (Å²) in [5, 5.41) is 0. The van der Waals surface area contributed by atoms with Crippen LogP contribution in [0.2, 0.25) is 0 Å². The summed E-state index contributed by atoms with van der Waals surface area (Å²) in [4.78, 5) is 0. The Kier molecular flexibility index (Phi) is 23.6. The lowest BCUT2D eigenvalue weighted by molar-refractivity contribution is 0.0520. The first kappa shape index (κ1) is 59.7. The molecule has 0 spiro atoms. The maximum Gasteiger partial charge on any atom is -0.0298 e. The van der Waals surface area contributed by atoms with E-state index in [9.17, 15) is 0 Å². The SMILES string of the molecule is C1CC2CCCC2C1.C1CCC2CC3CCCCC3CC2C1.C1CCC2CCCCC2CC1.C1CC[C@H]2CCC[C@H]2C1.C1CC[C@H]2C[C@H]2C1.C1C[C@@H]2CC[C@@H]2C1.C1C[C@@H]2C[C@@H]2C1.C1C[C@H]2C[C@@H]12.CC12CCCCC1CCCC2. The van der Waals surface area contributed by atoms with Gasteiger partial charge in [-0.3, -0.25) is 0 Å². The fourth-order valence-corrected chi connectivity index (χ4v) is 22.8. The minimum absolute atomic E-state index is 0.774. The molecule has 448 valence electrons. The molecule has 0 heterocycles. The largest absolute Gasteiger partial charge is 0.0594 e. The van der Waals surface area contributed by atoms with Crippen molar-refractivity contribution in [1.82, 2.24) is 0 Å². The van der Waals surface area contributed by atoms with Crippen LogP contribution < -0.4 is 0 Å². The number of rotatable bonds is 0. The molecule has 0 amide bonds. The molecule has 78 heavy (non-hydrogen) atoms. The van der Waals surface area contributed by atoms with Crippen molar-refractivity contribution in [1.29, 1.82) is 0 Å². The molecular weight excluding hydrogens is 937 g/mol. The molecule has 19 rings (SSSR count). The third-order valence-electron chi connectivity index (χ3n) is 28.7. The lowest BCUT2D eigenvalue weighted by atomic mass is 9.60. The van der Waals surface area contributed by atoms with Crippen LogP contribution in [0.4, 0.5) is 0 Å². The van der Waals surface area contributed by atoms with Gasteiger partial charge in [0.25, 0.3) is 0 Å². The maximum atomic E-state index is 2.54. The van der Waals surface area contributed by atoms with E-state index in [1.54, 1.807) is 225 Å². The van der Waals surface area contributed by atoms with Crippen molar-refractivity contribution in [2.75, 3.05) is 0 Å². The van der Waals surface area contributed by atoms with E-state index in [2.05, 4.69) is 6.92 Å². The van der Waals surface area contributed by atoms with Crippen LogP contribution in [0.3, 0.4) is 0 Å². The standard InChI is InChI=1S/C14H24.2C11H20.C9H16.C8H14.2C7H12.C6H10.C5H8/c1-2-6-12-10-14-8-4-3-7-13(14)9-11(12)5-1;1-11-8-4-2-6-10(11)7-3-5-9-11;1-2-6-10-8-4-5-9-11(10)7-3-1;1-2-5-9-7-3-6-8(9)4-1;1-3-7-5-2-6-8(7)4-1;1-2-6-4-5-7(6)3-1;1-2-4-7-5-6(7)3-1;1-2-5-4-6(5)3-1;1-2-5-3-4(1)5/h11-14H,1-10H2;10H,2-9H2,1H3;10-11H,1-9H2;8-9H,1-7H2;7-8H,1-6H2;2*6-7H,1-5H2;5-6H,1-4H2;4-5H,1-3H2/t;;;8-,9+;;2*6-,7+;5-,6+;4-,5+. The average Bonchev–Trinajstić information content (AvgIpc) is 4.29. The fraction of sp³-hybridized carbons (Fsp3) is 1.00. The highest BCUT2D eigenvalue weighted by molar-refractivity contribution is 4.96. The predicted octanol–water partition coefficient (Wildman–Crippen LogP) is 25.1. The summed E-state index contributed by atoms with van der Waals surface area (Å²) in [6.45, 7) is 2.54. The predicted molar refractivity (Wildman–Crippen MR) is 338 cm³/mol. The maximum absolute atomic E-state index is 2.54. The highest BCUT2D eigenvalue weighted by Gasteiger charge is 2.45. The van der Waals surface area contributed by atoms with Crippen LogP contribution in [0, 0.1) is 118 Å². The van der Waals surface area contributed by atoms with E-state index < -0.39 is 0 Å². The second kappa shape index (κ2) is 30.9. The summed E-state index contributed by atoms with van der Waals surface area (Å²) in [5.41, 5.74) is 0.774. The Bertz CT molecular complexity index is 1520. The molecule has 0 N–H and O–H groups in total. The zero-order valence-electron chi connectivity index (χ0n) is 52.8. The summed E-state index contributed by atoms with van der Waals surface area (Å²) >= 11 is 0. The smallest absolute Gasteiger partial charge is 0.0298 e. The average molecular weight is 1070 g/mol. The molecule has 0 bridgehead atoms. The van der Waals surface area contributed by atoms with Gasteiger partial charge in [-0.2, -0.15) is 0 Å². The third-order valence-corrected chi connectivity index (χ3v) is 28.7. The lowest BCUT2D eigenvalue weighted by Gasteiger charge is -2.46. The van der Waals surface area contributed by atoms with E-state index in [0.29, 0.717) is 0 Å². The normalized spacial score (nSPS) is 46.3. The Morgan fingerprint density at radius 1 is 0.154 bits per heavy atom.